The molecule has 0 unspecified atom stereocenters. The van der Waals surface area contributed by atoms with Gasteiger partial charge < -0.3 is 15.1 Å². The third kappa shape index (κ3) is 2.68. The minimum absolute atomic E-state index is 0.0660. The van der Waals surface area contributed by atoms with Gasteiger partial charge in [-0.2, -0.15) is 0 Å². The van der Waals surface area contributed by atoms with Gasteiger partial charge in [-0.05, 0) is 30.9 Å². The lowest BCUT2D eigenvalue weighted by Crippen LogP contribution is -2.37. The van der Waals surface area contributed by atoms with Crippen molar-refractivity contribution in [1.29, 1.82) is 0 Å². The molecule has 2 N–H and O–H groups in total. The van der Waals surface area contributed by atoms with Gasteiger partial charge in [-0.25, -0.2) is 4.79 Å². The zero-order valence-electron chi connectivity index (χ0n) is 11.9. The molecule has 2 heterocycles. The van der Waals surface area contributed by atoms with E-state index in [1.807, 2.05) is 13.0 Å². The minimum Gasteiger partial charge on any atom is -0.508 e. The van der Waals surface area contributed by atoms with Crippen LogP contribution in [0.2, 0.25) is 5.02 Å². The summed E-state index contributed by atoms with van der Waals surface area (Å²) in [7, 11) is 0. The number of rotatable bonds is 2. The number of benzene rings is 1. The summed E-state index contributed by atoms with van der Waals surface area (Å²) >= 11 is 5.84. The normalized spacial score (nSPS) is 28.9. The second-order valence-corrected chi connectivity index (χ2v) is 6.50. The molecule has 6 heteroatoms. The van der Waals surface area contributed by atoms with Crippen LogP contribution in [-0.4, -0.2) is 51.8 Å². The number of phenols is 1. The molecule has 2 aliphatic heterocycles. The largest absolute Gasteiger partial charge is 0.508 e. The zero-order valence-corrected chi connectivity index (χ0v) is 12.6. The number of likely N-dealkylation sites (tertiary alicyclic amines) is 2. The topological polar surface area (TPSA) is 64.0 Å². The summed E-state index contributed by atoms with van der Waals surface area (Å²) in [5, 5.41) is 19.6. The van der Waals surface area contributed by atoms with Gasteiger partial charge in [0.2, 0.25) is 0 Å². The summed E-state index contributed by atoms with van der Waals surface area (Å²) in [6.45, 7) is 5.03. The average molecular weight is 311 g/mol. The van der Waals surface area contributed by atoms with Crippen molar-refractivity contribution in [2.24, 2.45) is 11.8 Å². The molecule has 0 radical (unpaired) electrons. The number of carboxylic acid groups (broad SMARTS) is 1. The molecule has 0 aromatic heterocycles. The van der Waals surface area contributed by atoms with Crippen molar-refractivity contribution in [2.45, 2.75) is 19.5 Å². The lowest BCUT2D eigenvalue weighted by atomic mass is 9.95. The Morgan fingerprint density at radius 2 is 2.14 bits per heavy atom. The Kier molecular flexibility index (Phi) is 3.71. The van der Waals surface area contributed by atoms with Gasteiger partial charge in [0.25, 0.3) is 0 Å². The molecule has 114 valence electrons. The van der Waals surface area contributed by atoms with E-state index in [4.69, 9.17) is 16.7 Å². The molecule has 1 amide bonds. The van der Waals surface area contributed by atoms with E-state index >= 15 is 0 Å². The number of nitrogens with zero attached hydrogens (tertiary/aromatic N) is 2. The lowest BCUT2D eigenvalue weighted by Gasteiger charge is -2.24. The molecule has 3 rings (SSSR count). The Bertz CT molecular complexity index is 566. The number of phenolic OH excluding ortho intramolecular Hbond substituents is 1. The van der Waals surface area contributed by atoms with Crippen LogP contribution in [0.4, 0.5) is 4.79 Å². The first-order valence-corrected chi connectivity index (χ1v) is 7.53. The Labute approximate surface area is 128 Å². The number of hydrogen-bond donors (Lipinski definition) is 2. The van der Waals surface area contributed by atoms with Crippen LogP contribution in [0.15, 0.2) is 18.2 Å². The van der Waals surface area contributed by atoms with Crippen molar-refractivity contribution >= 4 is 17.7 Å². The van der Waals surface area contributed by atoms with Crippen LogP contribution in [0.1, 0.15) is 12.5 Å². The highest BCUT2D eigenvalue weighted by Crippen LogP contribution is 2.37. The smallest absolute Gasteiger partial charge is 0.407 e. The summed E-state index contributed by atoms with van der Waals surface area (Å²) in [6.07, 6.45) is -0.821. The quantitative estimate of drug-likeness (QED) is 0.881. The molecule has 0 saturated carbocycles. The Morgan fingerprint density at radius 1 is 1.38 bits per heavy atom. The summed E-state index contributed by atoms with van der Waals surface area (Å²) in [5.41, 5.74) is 0.863. The second kappa shape index (κ2) is 5.39. The van der Waals surface area contributed by atoms with Crippen LogP contribution in [-0.2, 0) is 6.54 Å². The van der Waals surface area contributed by atoms with E-state index in [1.54, 1.807) is 17.0 Å². The van der Waals surface area contributed by atoms with Crippen LogP contribution in [0.5, 0.6) is 5.75 Å². The molecule has 0 bridgehead atoms. The van der Waals surface area contributed by atoms with E-state index in [-0.39, 0.29) is 11.8 Å². The van der Waals surface area contributed by atoms with E-state index in [0.29, 0.717) is 29.9 Å². The number of aromatic hydroxyl groups is 1. The van der Waals surface area contributed by atoms with E-state index in [2.05, 4.69) is 4.90 Å². The standard InChI is InChI=1S/C15H19ClN2O3/c1-9-13-8-17(6-11(13)7-18(9)15(20)21)5-10-2-3-12(16)4-14(10)19/h2-4,9,11,13,19H,5-8H2,1H3,(H,20,21)/t9-,11+,13-/m0/s1. The van der Waals surface area contributed by atoms with Gasteiger partial charge >= 0.3 is 6.09 Å². The second-order valence-electron chi connectivity index (χ2n) is 6.07. The fourth-order valence-electron chi connectivity index (χ4n) is 3.67. The minimum atomic E-state index is -0.821. The van der Waals surface area contributed by atoms with Crippen LogP contribution in [0, 0.1) is 11.8 Å². The first-order chi connectivity index (χ1) is 9.95. The maximum Gasteiger partial charge on any atom is 0.407 e. The number of halogens is 1. The van der Waals surface area contributed by atoms with Gasteiger partial charge in [-0.3, -0.25) is 4.90 Å². The fraction of sp³-hybridized carbons (Fsp3) is 0.533. The highest BCUT2D eigenvalue weighted by Gasteiger charge is 2.46. The third-order valence-electron chi connectivity index (χ3n) is 4.80. The molecule has 2 fully saturated rings. The summed E-state index contributed by atoms with van der Waals surface area (Å²) < 4.78 is 0. The number of amides is 1. The molecule has 3 atom stereocenters. The Hall–Kier alpha value is -1.46. The van der Waals surface area contributed by atoms with Gasteiger partial charge in [0, 0.05) is 42.8 Å². The Morgan fingerprint density at radius 3 is 2.76 bits per heavy atom. The molecule has 5 nitrogen and oxygen atoms in total. The summed E-state index contributed by atoms with van der Waals surface area (Å²) in [5.74, 6) is 1.00. The maximum atomic E-state index is 11.2. The maximum absolute atomic E-state index is 11.2. The number of fused-ring (bicyclic) bond motifs is 1. The SMILES string of the molecule is C[C@H]1[C@@H]2CN(Cc3ccc(Cl)cc3O)C[C@@H]2CN1C(=O)O. The number of carbonyl (C=O) groups is 1. The summed E-state index contributed by atoms with van der Waals surface area (Å²) in [6, 6.07) is 5.25. The molecular formula is C15H19ClN2O3. The van der Waals surface area contributed by atoms with E-state index < -0.39 is 6.09 Å². The van der Waals surface area contributed by atoms with Crippen LogP contribution in [0.25, 0.3) is 0 Å². The van der Waals surface area contributed by atoms with Crippen LogP contribution < -0.4 is 0 Å². The molecule has 1 aromatic rings. The molecule has 1 aromatic carbocycles. The summed E-state index contributed by atoms with van der Waals surface area (Å²) in [4.78, 5) is 15.0. The van der Waals surface area contributed by atoms with Crippen molar-refractivity contribution in [3.63, 3.8) is 0 Å². The molecule has 0 spiro atoms. The molecule has 21 heavy (non-hydrogen) atoms. The Balaban J connectivity index is 1.66. The fourth-order valence-corrected chi connectivity index (χ4v) is 3.84. The molecule has 2 saturated heterocycles. The van der Waals surface area contributed by atoms with E-state index in [0.717, 1.165) is 18.7 Å². The highest BCUT2D eigenvalue weighted by atomic mass is 35.5. The van der Waals surface area contributed by atoms with Gasteiger partial charge in [-0.1, -0.05) is 17.7 Å². The van der Waals surface area contributed by atoms with Crippen molar-refractivity contribution in [2.75, 3.05) is 19.6 Å². The van der Waals surface area contributed by atoms with Crippen molar-refractivity contribution in [3.05, 3.63) is 28.8 Å². The molecule has 2 aliphatic rings. The zero-order chi connectivity index (χ0) is 15.1. The lowest BCUT2D eigenvalue weighted by molar-refractivity contribution is 0.132. The van der Waals surface area contributed by atoms with Gasteiger partial charge in [0.1, 0.15) is 5.75 Å². The predicted molar refractivity (Wildman–Crippen MR) is 79.6 cm³/mol. The molecule has 0 aliphatic carbocycles. The van der Waals surface area contributed by atoms with Crippen LogP contribution in [0.3, 0.4) is 0 Å². The van der Waals surface area contributed by atoms with Gasteiger partial charge in [0.05, 0.1) is 0 Å². The monoisotopic (exact) mass is 310 g/mol. The van der Waals surface area contributed by atoms with Crippen molar-refractivity contribution in [1.82, 2.24) is 9.80 Å². The van der Waals surface area contributed by atoms with Crippen molar-refractivity contribution < 1.29 is 15.0 Å². The molecular weight excluding hydrogens is 292 g/mol. The van der Waals surface area contributed by atoms with Gasteiger partial charge in [-0.15, -0.1) is 0 Å². The first-order valence-electron chi connectivity index (χ1n) is 7.15. The number of hydrogen-bond acceptors (Lipinski definition) is 3. The van der Waals surface area contributed by atoms with E-state index in [1.165, 1.54) is 0 Å². The van der Waals surface area contributed by atoms with Crippen molar-refractivity contribution in [3.8, 4) is 5.75 Å². The third-order valence-corrected chi connectivity index (χ3v) is 5.03. The van der Waals surface area contributed by atoms with Gasteiger partial charge in [0.15, 0.2) is 0 Å². The predicted octanol–water partition coefficient (Wildman–Crippen LogP) is 2.48. The van der Waals surface area contributed by atoms with Crippen LogP contribution >= 0.6 is 11.6 Å². The average Bonchev–Trinajstić information content (AvgIpc) is 2.93. The first kappa shape index (κ1) is 14.5. The highest BCUT2D eigenvalue weighted by molar-refractivity contribution is 6.30. The van der Waals surface area contributed by atoms with E-state index in [9.17, 15) is 9.90 Å².